The molecule has 88 valence electrons. The van der Waals surface area contributed by atoms with E-state index in [-0.39, 0.29) is 6.42 Å². The molecular formula is C9H5ClF5N. The average Bonchev–Trinajstić information content (AvgIpc) is 2.40. The van der Waals surface area contributed by atoms with Crippen LogP contribution in [-0.4, -0.2) is 4.98 Å². The molecule has 0 N–H and O–H groups in total. The Morgan fingerprint density at radius 2 is 1.94 bits per heavy atom. The molecular weight excluding hydrogens is 253 g/mol. The molecule has 7 heteroatoms. The normalized spacial score (nSPS) is 18.6. The molecule has 0 aromatic carbocycles. The van der Waals surface area contributed by atoms with Gasteiger partial charge in [0.15, 0.2) is 0 Å². The molecule has 0 aliphatic heterocycles. The van der Waals surface area contributed by atoms with Crippen LogP contribution in [0.2, 0.25) is 5.15 Å². The van der Waals surface area contributed by atoms with E-state index in [1.54, 1.807) is 0 Å². The number of rotatable bonds is 0. The lowest BCUT2D eigenvalue weighted by Crippen LogP contribution is -2.14. The molecule has 0 atom stereocenters. The van der Waals surface area contributed by atoms with Crippen LogP contribution in [0.15, 0.2) is 6.07 Å². The van der Waals surface area contributed by atoms with Gasteiger partial charge >= 0.3 is 6.18 Å². The third-order valence-corrected chi connectivity index (χ3v) is 2.63. The van der Waals surface area contributed by atoms with Crippen LogP contribution in [0.4, 0.5) is 22.0 Å². The standard InChI is InChI=1S/C9H5ClF5N/c10-6-3-5(9(13,14)15)4-1-2-8(11,12)7(4)16-6/h3H,1-2H2. The summed E-state index contributed by atoms with van der Waals surface area (Å²) in [5, 5.41) is -0.562. The van der Waals surface area contributed by atoms with Crippen LogP contribution in [0.3, 0.4) is 0 Å². The second-order valence-electron chi connectivity index (χ2n) is 3.52. The van der Waals surface area contributed by atoms with Gasteiger partial charge in [-0.2, -0.15) is 22.0 Å². The van der Waals surface area contributed by atoms with Gasteiger partial charge in [0.25, 0.3) is 5.92 Å². The summed E-state index contributed by atoms with van der Waals surface area (Å²) < 4.78 is 64.0. The van der Waals surface area contributed by atoms with E-state index < -0.39 is 40.5 Å². The molecule has 1 aromatic rings. The number of nitrogens with zero attached hydrogens (tertiary/aromatic N) is 1. The number of hydrogen-bond donors (Lipinski definition) is 0. The topological polar surface area (TPSA) is 12.9 Å². The molecule has 0 saturated carbocycles. The maximum absolute atomic E-state index is 13.2. The number of halogens is 6. The molecule has 1 aromatic heterocycles. The zero-order valence-corrected chi connectivity index (χ0v) is 8.46. The van der Waals surface area contributed by atoms with Crippen LogP contribution in [0.5, 0.6) is 0 Å². The van der Waals surface area contributed by atoms with Crippen molar-refractivity contribution in [1.82, 2.24) is 4.98 Å². The van der Waals surface area contributed by atoms with Crippen molar-refractivity contribution in [3.63, 3.8) is 0 Å². The predicted molar refractivity (Wildman–Crippen MR) is 46.5 cm³/mol. The van der Waals surface area contributed by atoms with Crippen molar-refractivity contribution in [2.24, 2.45) is 0 Å². The fraction of sp³-hybridized carbons (Fsp3) is 0.444. The minimum absolute atomic E-state index is 0.332. The Bertz CT molecular complexity index is 440. The molecule has 0 unspecified atom stereocenters. The first kappa shape index (κ1) is 11.6. The first-order valence-electron chi connectivity index (χ1n) is 4.37. The van der Waals surface area contributed by atoms with Crippen molar-refractivity contribution in [3.8, 4) is 0 Å². The van der Waals surface area contributed by atoms with Crippen LogP contribution >= 0.6 is 11.6 Å². The molecule has 16 heavy (non-hydrogen) atoms. The highest BCUT2D eigenvalue weighted by molar-refractivity contribution is 6.29. The molecule has 1 nitrogen and oxygen atoms in total. The smallest absolute Gasteiger partial charge is 0.234 e. The highest BCUT2D eigenvalue weighted by Crippen LogP contribution is 2.46. The lowest BCUT2D eigenvalue weighted by atomic mass is 10.1. The van der Waals surface area contributed by atoms with E-state index in [1.807, 2.05) is 0 Å². The molecule has 0 bridgehead atoms. The van der Waals surface area contributed by atoms with Gasteiger partial charge in [0.05, 0.1) is 5.56 Å². The minimum Gasteiger partial charge on any atom is -0.234 e. The quantitative estimate of drug-likeness (QED) is 0.509. The van der Waals surface area contributed by atoms with Crippen molar-refractivity contribution in [1.29, 1.82) is 0 Å². The third-order valence-electron chi connectivity index (χ3n) is 2.43. The van der Waals surface area contributed by atoms with Gasteiger partial charge in [-0.1, -0.05) is 11.6 Å². The van der Waals surface area contributed by atoms with E-state index in [4.69, 9.17) is 11.6 Å². The average molecular weight is 258 g/mol. The van der Waals surface area contributed by atoms with Crippen LogP contribution in [0.1, 0.15) is 23.2 Å². The first-order chi connectivity index (χ1) is 7.22. The van der Waals surface area contributed by atoms with Gasteiger partial charge in [-0.15, -0.1) is 0 Å². The van der Waals surface area contributed by atoms with Gasteiger partial charge in [-0.25, -0.2) is 4.98 Å². The minimum atomic E-state index is -4.68. The van der Waals surface area contributed by atoms with Gasteiger partial charge in [0.2, 0.25) is 0 Å². The van der Waals surface area contributed by atoms with Crippen molar-refractivity contribution in [2.75, 3.05) is 0 Å². The summed E-state index contributed by atoms with van der Waals surface area (Å²) >= 11 is 5.32. The van der Waals surface area contributed by atoms with Gasteiger partial charge < -0.3 is 0 Å². The molecule has 0 spiro atoms. The van der Waals surface area contributed by atoms with E-state index in [2.05, 4.69) is 4.98 Å². The van der Waals surface area contributed by atoms with Crippen molar-refractivity contribution >= 4 is 11.6 Å². The molecule has 2 rings (SSSR count). The molecule has 0 fully saturated rings. The summed E-state index contributed by atoms with van der Waals surface area (Å²) in [6.07, 6.45) is -5.67. The van der Waals surface area contributed by atoms with Gasteiger partial charge in [-0.05, 0) is 18.1 Å². The molecule has 1 heterocycles. The maximum Gasteiger partial charge on any atom is 0.416 e. The Kier molecular flexibility index (Phi) is 2.38. The first-order valence-corrected chi connectivity index (χ1v) is 4.74. The van der Waals surface area contributed by atoms with E-state index >= 15 is 0 Å². The molecule has 0 saturated heterocycles. The maximum atomic E-state index is 13.2. The number of pyridine rings is 1. The third kappa shape index (κ3) is 1.75. The predicted octanol–water partition coefficient (Wildman–Crippen LogP) is 3.79. The number of fused-ring (bicyclic) bond motifs is 1. The zero-order chi connectivity index (χ0) is 12.1. The van der Waals surface area contributed by atoms with E-state index in [1.165, 1.54) is 0 Å². The molecule has 1 aliphatic carbocycles. The number of aromatic nitrogens is 1. The summed E-state index contributed by atoms with van der Waals surface area (Å²) in [7, 11) is 0. The van der Waals surface area contributed by atoms with E-state index in [0.717, 1.165) is 0 Å². The largest absolute Gasteiger partial charge is 0.416 e. The summed E-state index contributed by atoms with van der Waals surface area (Å²) in [5.41, 5.74) is -2.39. The SMILES string of the molecule is FC(F)(F)c1cc(Cl)nc2c1CCC2(F)F. The summed E-state index contributed by atoms with van der Waals surface area (Å²) in [6.45, 7) is 0. The van der Waals surface area contributed by atoms with Gasteiger partial charge in [-0.3, -0.25) is 0 Å². The van der Waals surface area contributed by atoms with E-state index in [9.17, 15) is 22.0 Å². The molecule has 0 radical (unpaired) electrons. The lowest BCUT2D eigenvalue weighted by Gasteiger charge is -2.13. The highest BCUT2D eigenvalue weighted by atomic mass is 35.5. The van der Waals surface area contributed by atoms with Gasteiger partial charge in [0, 0.05) is 6.42 Å². The number of hydrogen-bond acceptors (Lipinski definition) is 1. The molecule has 1 aliphatic rings. The Morgan fingerprint density at radius 3 is 2.50 bits per heavy atom. The summed E-state index contributed by atoms with van der Waals surface area (Å²) in [6, 6.07) is 0.585. The Morgan fingerprint density at radius 1 is 1.31 bits per heavy atom. The Balaban J connectivity index is 2.67. The molecule has 0 amide bonds. The van der Waals surface area contributed by atoms with E-state index in [0.29, 0.717) is 6.07 Å². The summed E-state index contributed by atoms with van der Waals surface area (Å²) in [5.74, 6) is -3.32. The highest BCUT2D eigenvalue weighted by Gasteiger charge is 2.46. The monoisotopic (exact) mass is 257 g/mol. The second kappa shape index (κ2) is 3.29. The van der Waals surface area contributed by atoms with Crippen molar-refractivity contribution < 1.29 is 22.0 Å². The fourth-order valence-electron chi connectivity index (χ4n) is 1.75. The zero-order valence-electron chi connectivity index (χ0n) is 7.71. The van der Waals surface area contributed by atoms with Crippen molar-refractivity contribution in [2.45, 2.75) is 24.9 Å². The Hall–Kier alpha value is -0.910. The second-order valence-corrected chi connectivity index (χ2v) is 3.91. The fourth-order valence-corrected chi connectivity index (χ4v) is 1.94. The van der Waals surface area contributed by atoms with Crippen LogP contribution in [0, 0.1) is 0 Å². The lowest BCUT2D eigenvalue weighted by molar-refractivity contribution is -0.138. The number of alkyl halides is 5. The van der Waals surface area contributed by atoms with Crippen LogP contribution in [-0.2, 0) is 18.5 Å². The van der Waals surface area contributed by atoms with Crippen molar-refractivity contribution in [3.05, 3.63) is 28.0 Å². The van der Waals surface area contributed by atoms with Crippen LogP contribution < -0.4 is 0 Å². The Labute approximate surface area is 92.2 Å². The van der Waals surface area contributed by atoms with Crippen LogP contribution in [0.25, 0.3) is 0 Å². The summed E-state index contributed by atoms with van der Waals surface area (Å²) in [4.78, 5) is 3.30. The van der Waals surface area contributed by atoms with Gasteiger partial charge in [0.1, 0.15) is 10.8 Å².